The molecule has 1 aromatic carbocycles. The number of carbonyl (C=O) groups is 1. The summed E-state index contributed by atoms with van der Waals surface area (Å²) >= 11 is 0. The quantitative estimate of drug-likeness (QED) is 0.517. The molecule has 1 aromatic rings. The van der Waals surface area contributed by atoms with Gasteiger partial charge in [-0.05, 0) is 19.9 Å². The molecule has 0 bridgehead atoms. The molecule has 1 heterocycles. The van der Waals surface area contributed by atoms with Crippen LogP contribution in [0, 0.1) is 10.1 Å². The van der Waals surface area contributed by atoms with Crippen molar-refractivity contribution < 1.29 is 24.3 Å². The van der Waals surface area contributed by atoms with E-state index < -0.39 is 16.5 Å². The van der Waals surface area contributed by atoms with Crippen LogP contribution < -0.4 is 4.74 Å². The molecule has 1 aliphatic rings. The van der Waals surface area contributed by atoms with E-state index in [1.807, 2.05) is 0 Å². The number of benzene rings is 1. The van der Waals surface area contributed by atoms with Gasteiger partial charge in [-0.15, -0.1) is 0 Å². The van der Waals surface area contributed by atoms with Crippen LogP contribution in [-0.4, -0.2) is 28.7 Å². The highest BCUT2D eigenvalue weighted by Crippen LogP contribution is 2.43. The summed E-state index contributed by atoms with van der Waals surface area (Å²) in [5, 5.41) is 21.7. The molecule has 2 rings (SSSR count). The molecule has 7 heteroatoms. The van der Waals surface area contributed by atoms with E-state index in [0.717, 1.165) is 0 Å². The molecule has 114 valence electrons. The smallest absolute Gasteiger partial charge is 0.309 e. The SMILES string of the molecule is CCOC(=O)C[C@]1(O)C[C@@H](C)Oc2ccc([N+](=O)[O-])cc21. The van der Waals surface area contributed by atoms with Gasteiger partial charge in [0, 0.05) is 24.1 Å². The van der Waals surface area contributed by atoms with Crippen molar-refractivity contribution in [1.82, 2.24) is 0 Å². The Morgan fingerprint density at radius 2 is 2.33 bits per heavy atom. The van der Waals surface area contributed by atoms with E-state index in [-0.39, 0.29) is 36.8 Å². The van der Waals surface area contributed by atoms with Crippen LogP contribution in [0.5, 0.6) is 5.75 Å². The second-order valence-corrected chi connectivity index (χ2v) is 5.08. The van der Waals surface area contributed by atoms with Gasteiger partial charge in [0.25, 0.3) is 5.69 Å². The zero-order valence-electron chi connectivity index (χ0n) is 11.9. The molecule has 1 aliphatic heterocycles. The molecule has 0 spiro atoms. The summed E-state index contributed by atoms with van der Waals surface area (Å²) in [5.41, 5.74) is -1.43. The normalized spacial score (nSPS) is 23.9. The zero-order valence-corrected chi connectivity index (χ0v) is 11.9. The van der Waals surface area contributed by atoms with Crippen molar-refractivity contribution in [2.45, 2.75) is 38.4 Å². The predicted molar refractivity (Wildman–Crippen MR) is 73.0 cm³/mol. The van der Waals surface area contributed by atoms with Gasteiger partial charge in [-0.2, -0.15) is 0 Å². The molecule has 0 saturated heterocycles. The maximum absolute atomic E-state index is 11.7. The second kappa shape index (κ2) is 5.69. The largest absolute Gasteiger partial charge is 0.490 e. The maximum Gasteiger partial charge on any atom is 0.309 e. The lowest BCUT2D eigenvalue weighted by Gasteiger charge is -2.36. The minimum Gasteiger partial charge on any atom is -0.490 e. The number of aliphatic hydroxyl groups is 1. The van der Waals surface area contributed by atoms with Gasteiger partial charge in [0.1, 0.15) is 11.4 Å². The lowest BCUT2D eigenvalue weighted by Crippen LogP contribution is -2.39. The molecular weight excluding hydrogens is 278 g/mol. The van der Waals surface area contributed by atoms with Gasteiger partial charge >= 0.3 is 5.97 Å². The minimum absolute atomic E-state index is 0.158. The third-order valence-corrected chi connectivity index (χ3v) is 3.37. The average molecular weight is 295 g/mol. The molecule has 0 saturated carbocycles. The van der Waals surface area contributed by atoms with Gasteiger partial charge in [0.2, 0.25) is 0 Å². The molecule has 0 unspecified atom stereocenters. The van der Waals surface area contributed by atoms with Crippen molar-refractivity contribution in [2.75, 3.05) is 6.61 Å². The van der Waals surface area contributed by atoms with Crippen molar-refractivity contribution in [1.29, 1.82) is 0 Å². The molecule has 0 aliphatic carbocycles. The van der Waals surface area contributed by atoms with Crippen molar-refractivity contribution in [3.63, 3.8) is 0 Å². The van der Waals surface area contributed by atoms with Crippen LogP contribution in [0.1, 0.15) is 32.3 Å². The number of nitrogens with zero attached hydrogens (tertiary/aromatic N) is 1. The summed E-state index contributed by atoms with van der Waals surface area (Å²) in [6.07, 6.45) is -0.402. The third kappa shape index (κ3) is 3.13. The number of esters is 1. The zero-order chi connectivity index (χ0) is 15.6. The lowest BCUT2D eigenvalue weighted by molar-refractivity contribution is -0.385. The fraction of sp³-hybridized carbons (Fsp3) is 0.500. The number of hydrogen-bond acceptors (Lipinski definition) is 6. The van der Waals surface area contributed by atoms with E-state index >= 15 is 0 Å². The summed E-state index contributed by atoms with van der Waals surface area (Å²) in [6, 6.07) is 4.00. The summed E-state index contributed by atoms with van der Waals surface area (Å²) in [5.74, 6) is -0.197. The summed E-state index contributed by atoms with van der Waals surface area (Å²) in [4.78, 5) is 22.0. The molecule has 0 aromatic heterocycles. The van der Waals surface area contributed by atoms with E-state index in [1.165, 1.54) is 18.2 Å². The van der Waals surface area contributed by atoms with E-state index in [1.54, 1.807) is 13.8 Å². The van der Waals surface area contributed by atoms with Crippen molar-refractivity contribution >= 4 is 11.7 Å². The summed E-state index contributed by atoms with van der Waals surface area (Å²) in [7, 11) is 0. The Morgan fingerprint density at radius 1 is 1.62 bits per heavy atom. The number of nitro benzene ring substituents is 1. The third-order valence-electron chi connectivity index (χ3n) is 3.37. The van der Waals surface area contributed by atoms with E-state index in [4.69, 9.17) is 9.47 Å². The molecule has 21 heavy (non-hydrogen) atoms. The Hall–Kier alpha value is -2.15. The van der Waals surface area contributed by atoms with Gasteiger partial charge in [0.15, 0.2) is 0 Å². The van der Waals surface area contributed by atoms with Crippen LogP contribution >= 0.6 is 0 Å². The van der Waals surface area contributed by atoms with Crippen LogP contribution in [0.2, 0.25) is 0 Å². The minimum atomic E-state index is -1.52. The van der Waals surface area contributed by atoms with Crippen LogP contribution in [-0.2, 0) is 15.1 Å². The van der Waals surface area contributed by atoms with Gasteiger partial charge in [-0.3, -0.25) is 14.9 Å². The first-order valence-corrected chi connectivity index (χ1v) is 6.69. The van der Waals surface area contributed by atoms with E-state index in [0.29, 0.717) is 5.75 Å². The van der Waals surface area contributed by atoms with Crippen LogP contribution in [0.15, 0.2) is 18.2 Å². The first-order valence-electron chi connectivity index (χ1n) is 6.69. The number of hydrogen-bond donors (Lipinski definition) is 1. The number of ether oxygens (including phenoxy) is 2. The predicted octanol–water partition coefficient (Wildman–Crippen LogP) is 1.91. The number of fused-ring (bicyclic) bond motifs is 1. The molecule has 2 atom stereocenters. The van der Waals surface area contributed by atoms with Crippen molar-refractivity contribution in [3.8, 4) is 5.75 Å². The van der Waals surface area contributed by atoms with Crippen LogP contribution in [0.3, 0.4) is 0 Å². The van der Waals surface area contributed by atoms with Gasteiger partial charge in [-0.25, -0.2) is 0 Å². The average Bonchev–Trinajstić information content (AvgIpc) is 2.37. The highest BCUT2D eigenvalue weighted by atomic mass is 16.6. The first-order chi connectivity index (χ1) is 9.85. The molecule has 0 fully saturated rings. The first kappa shape index (κ1) is 15.2. The Bertz CT molecular complexity index is 573. The number of non-ortho nitro benzene ring substituents is 1. The fourth-order valence-corrected chi connectivity index (χ4v) is 2.56. The Kier molecular flexibility index (Phi) is 4.13. The topological polar surface area (TPSA) is 98.9 Å². The van der Waals surface area contributed by atoms with Gasteiger partial charge < -0.3 is 14.6 Å². The van der Waals surface area contributed by atoms with Gasteiger partial charge in [-0.1, -0.05) is 0 Å². The van der Waals surface area contributed by atoms with Crippen molar-refractivity contribution in [2.24, 2.45) is 0 Å². The lowest BCUT2D eigenvalue weighted by atomic mass is 9.82. The Labute approximate surface area is 121 Å². The number of carbonyl (C=O) groups excluding carboxylic acids is 1. The molecule has 7 nitrogen and oxygen atoms in total. The number of nitro groups is 1. The van der Waals surface area contributed by atoms with E-state index in [9.17, 15) is 20.0 Å². The van der Waals surface area contributed by atoms with Crippen molar-refractivity contribution in [3.05, 3.63) is 33.9 Å². The Balaban J connectivity index is 2.41. The Morgan fingerprint density at radius 3 is 2.95 bits per heavy atom. The summed E-state index contributed by atoms with van der Waals surface area (Å²) in [6.45, 7) is 3.65. The number of rotatable bonds is 4. The fourth-order valence-electron chi connectivity index (χ4n) is 2.56. The highest BCUT2D eigenvalue weighted by Gasteiger charge is 2.42. The highest BCUT2D eigenvalue weighted by molar-refractivity contribution is 5.71. The monoisotopic (exact) mass is 295 g/mol. The second-order valence-electron chi connectivity index (χ2n) is 5.08. The standard InChI is InChI=1S/C14H17NO6/c1-3-20-13(16)8-14(17)7-9(2)21-12-5-4-10(15(18)19)6-11(12)14/h4-6,9,17H,3,7-8H2,1-2H3/t9-,14-/m1/s1. The van der Waals surface area contributed by atoms with Crippen LogP contribution in [0.25, 0.3) is 0 Å². The van der Waals surface area contributed by atoms with Gasteiger partial charge in [0.05, 0.1) is 24.1 Å². The molecular formula is C14H17NO6. The molecule has 0 radical (unpaired) electrons. The summed E-state index contributed by atoms with van der Waals surface area (Å²) < 4.78 is 10.4. The van der Waals surface area contributed by atoms with E-state index in [2.05, 4.69) is 0 Å². The molecule has 1 N–H and O–H groups in total. The maximum atomic E-state index is 11.7. The molecule has 0 amide bonds. The van der Waals surface area contributed by atoms with Crippen LogP contribution in [0.4, 0.5) is 5.69 Å².